The van der Waals surface area contributed by atoms with Crippen LogP contribution in [0.15, 0.2) is 59.0 Å². The third-order valence-corrected chi connectivity index (χ3v) is 8.42. The maximum atomic E-state index is 13.3. The number of halogens is 2. The molecule has 3 rings (SSSR count). The number of aromatic carboxylic acids is 1. The second kappa shape index (κ2) is 14.7. The number of hydrogen-bond acceptors (Lipinski definition) is 7. The molecule has 0 saturated carbocycles. The maximum Gasteiger partial charge on any atom is 0.337 e. The van der Waals surface area contributed by atoms with Gasteiger partial charge in [-0.25, -0.2) is 4.79 Å². The van der Waals surface area contributed by atoms with Gasteiger partial charge in [0.2, 0.25) is 5.91 Å². The predicted molar refractivity (Wildman–Crippen MR) is 152 cm³/mol. The molecule has 2 aromatic carbocycles. The molecular weight excluding hydrogens is 566 g/mol. The van der Waals surface area contributed by atoms with E-state index in [1.165, 1.54) is 12.1 Å². The van der Waals surface area contributed by atoms with Gasteiger partial charge in [-0.15, -0.1) is 0 Å². The zero-order chi connectivity index (χ0) is 28.4. The topological polar surface area (TPSA) is 127 Å². The van der Waals surface area contributed by atoms with E-state index in [1.54, 1.807) is 56.3 Å². The Labute approximate surface area is 237 Å². The van der Waals surface area contributed by atoms with Gasteiger partial charge in [0.1, 0.15) is 11.5 Å². The van der Waals surface area contributed by atoms with Crippen LogP contribution >= 0.6 is 30.8 Å². The van der Waals surface area contributed by atoms with Crippen molar-refractivity contribution in [2.24, 2.45) is 0 Å². The minimum atomic E-state index is -3.29. The summed E-state index contributed by atoms with van der Waals surface area (Å²) in [5.74, 6) is -0.548. The summed E-state index contributed by atoms with van der Waals surface area (Å²) in [5.41, 5.74) is 0.778. The number of rotatable bonds is 15. The van der Waals surface area contributed by atoms with Gasteiger partial charge in [0.25, 0.3) is 0 Å². The molecule has 12 heteroatoms. The molecule has 0 bridgehead atoms. The van der Waals surface area contributed by atoms with Crippen molar-refractivity contribution in [1.29, 1.82) is 0 Å². The molecule has 0 spiro atoms. The predicted octanol–water partition coefficient (Wildman–Crippen LogP) is 7.09. The van der Waals surface area contributed by atoms with Crippen LogP contribution in [-0.4, -0.2) is 42.4 Å². The number of carboxylic acids is 1. The molecule has 3 aromatic rings. The third-order valence-electron chi connectivity index (χ3n) is 5.69. The fraction of sp³-hybridized carbons (Fsp3) is 0.333. The largest absolute Gasteiger partial charge is 0.478 e. The molecule has 39 heavy (non-hydrogen) atoms. The van der Waals surface area contributed by atoms with Crippen molar-refractivity contribution in [3.63, 3.8) is 0 Å². The average Bonchev–Trinajstić information content (AvgIpc) is 3.36. The normalized spacial score (nSPS) is 12.3. The number of furan rings is 1. The van der Waals surface area contributed by atoms with Gasteiger partial charge in [-0.3, -0.25) is 14.7 Å². The number of amides is 1. The smallest absolute Gasteiger partial charge is 0.337 e. The molecule has 9 nitrogen and oxygen atoms in total. The van der Waals surface area contributed by atoms with Crippen LogP contribution < -0.4 is 10.6 Å². The van der Waals surface area contributed by atoms with E-state index >= 15 is 0 Å². The highest BCUT2D eigenvalue weighted by Crippen LogP contribution is 2.48. The molecule has 3 N–H and O–H groups in total. The first-order valence-corrected chi connectivity index (χ1v) is 14.9. The SMILES string of the molecule is CCOP(=O)(CCCC(NCc1ccc(-c2cc(Cl)ccc2Cl)o1)C(=O)Nc1ccccc1C(=O)O)OCC. The summed E-state index contributed by atoms with van der Waals surface area (Å²) in [6.45, 7) is 4.13. The fourth-order valence-electron chi connectivity index (χ4n) is 3.90. The summed E-state index contributed by atoms with van der Waals surface area (Å²) in [6.07, 6.45) is 0.757. The minimum absolute atomic E-state index is 0.0316. The number of hydrogen-bond donors (Lipinski definition) is 3. The van der Waals surface area contributed by atoms with E-state index in [4.69, 9.17) is 36.7 Å². The van der Waals surface area contributed by atoms with Gasteiger partial charge in [-0.2, -0.15) is 0 Å². The Balaban J connectivity index is 1.75. The van der Waals surface area contributed by atoms with Gasteiger partial charge in [0.05, 0.1) is 48.2 Å². The Morgan fingerprint density at radius 3 is 2.46 bits per heavy atom. The summed E-state index contributed by atoms with van der Waals surface area (Å²) in [6, 6.07) is 13.9. The molecule has 0 saturated heterocycles. The molecule has 1 atom stereocenters. The Morgan fingerprint density at radius 1 is 1.05 bits per heavy atom. The number of nitrogens with one attached hydrogen (secondary N) is 2. The van der Waals surface area contributed by atoms with E-state index in [0.29, 0.717) is 33.6 Å². The maximum absolute atomic E-state index is 13.3. The van der Waals surface area contributed by atoms with Crippen LogP contribution in [0.3, 0.4) is 0 Å². The number of benzene rings is 2. The molecule has 1 heterocycles. The first-order chi connectivity index (χ1) is 18.7. The number of anilines is 1. The Bertz CT molecular complexity index is 1320. The van der Waals surface area contributed by atoms with Crippen LogP contribution in [0, 0.1) is 0 Å². The van der Waals surface area contributed by atoms with Gasteiger partial charge in [-0.05, 0) is 69.2 Å². The lowest BCUT2D eigenvalue weighted by Gasteiger charge is -2.21. The van der Waals surface area contributed by atoms with Crippen molar-refractivity contribution in [3.05, 3.63) is 76.0 Å². The van der Waals surface area contributed by atoms with Crippen LogP contribution in [-0.2, 0) is 25.0 Å². The molecular formula is C27H31Cl2N2O7P. The Morgan fingerprint density at radius 2 is 1.77 bits per heavy atom. The lowest BCUT2D eigenvalue weighted by molar-refractivity contribution is -0.118. The molecule has 210 valence electrons. The standard InChI is InChI=1S/C27H31Cl2N2O7P/c1-3-36-39(35,37-4-2)15-7-10-24(26(32)31-23-9-6-5-8-20(23)27(33)34)30-17-19-12-14-25(38-19)21-16-18(28)11-13-22(21)29/h5-6,8-9,11-14,16,24,30H,3-4,7,10,15,17H2,1-2H3,(H,31,32)(H,33,34). The third kappa shape index (κ3) is 8.93. The van der Waals surface area contributed by atoms with Crippen LogP contribution in [0.1, 0.15) is 42.8 Å². The summed E-state index contributed by atoms with van der Waals surface area (Å²) < 4.78 is 29.5. The highest BCUT2D eigenvalue weighted by molar-refractivity contribution is 7.53. The van der Waals surface area contributed by atoms with E-state index in [2.05, 4.69) is 10.6 Å². The summed E-state index contributed by atoms with van der Waals surface area (Å²) >= 11 is 12.4. The fourth-order valence-corrected chi connectivity index (χ4v) is 5.97. The monoisotopic (exact) mass is 596 g/mol. The van der Waals surface area contributed by atoms with Crippen LogP contribution in [0.2, 0.25) is 10.0 Å². The van der Waals surface area contributed by atoms with Gasteiger partial charge < -0.3 is 23.9 Å². The molecule has 0 aliphatic rings. The molecule has 0 fully saturated rings. The van der Waals surface area contributed by atoms with Crippen molar-refractivity contribution < 1.29 is 32.7 Å². The van der Waals surface area contributed by atoms with Crippen LogP contribution in [0.25, 0.3) is 11.3 Å². The van der Waals surface area contributed by atoms with E-state index < -0.39 is 25.5 Å². The molecule has 0 aliphatic carbocycles. The van der Waals surface area contributed by atoms with E-state index in [9.17, 15) is 19.3 Å². The Kier molecular flexibility index (Phi) is 11.6. The number of para-hydroxylation sites is 1. The minimum Gasteiger partial charge on any atom is -0.478 e. The first kappa shape index (κ1) is 30.9. The van der Waals surface area contributed by atoms with E-state index in [1.807, 2.05) is 0 Å². The summed E-state index contributed by atoms with van der Waals surface area (Å²) in [7, 11) is -3.29. The van der Waals surface area contributed by atoms with E-state index in [0.717, 1.165) is 0 Å². The van der Waals surface area contributed by atoms with Gasteiger partial charge in [0, 0.05) is 10.6 Å². The first-order valence-electron chi connectivity index (χ1n) is 12.4. The lowest BCUT2D eigenvalue weighted by Crippen LogP contribution is -2.40. The Hall–Kier alpha value is -2.65. The number of carbonyl (C=O) groups is 2. The average molecular weight is 597 g/mol. The van der Waals surface area contributed by atoms with Crippen molar-refractivity contribution in [2.45, 2.75) is 39.3 Å². The van der Waals surface area contributed by atoms with E-state index in [-0.39, 0.29) is 43.6 Å². The quantitative estimate of drug-likeness (QED) is 0.159. The van der Waals surface area contributed by atoms with Crippen molar-refractivity contribution in [2.75, 3.05) is 24.7 Å². The van der Waals surface area contributed by atoms with Crippen LogP contribution in [0.5, 0.6) is 0 Å². The zero-order valence-corrected chi connectivity index (χ0v) is 24.0. The highest BCUT2D eigenvalue weighted by atomic mass is 35.5. The number of carboxylic acid groups (broad SMARTS) is 1. The second-order valence-corrected chi connectivity index (χ2v) is 11.5. The van der Waals surface area contributed by atoms with Crippen LogP contribution in [0.4, 0.5) is 5.69 Å². The lowest BCUT2D eigenvalue weighted by atomic mass is 10.1. The second-order valence-electron chi connectivity index (χ2n) is 8.48. The molecule has 1 aromatic heterocycles. The van der Waals surface area contributed by atoms with Gasteiger partial charge >= 0.3 is 13.6 Å². The summed E-state index contributed by atoms with van der Waals surface area (Å²) in [5, 5.41) is 16.3. The van der Waals surface area contributed by atoms with Crippen molar-refractivity contribution >= 4 is 48.4 Å². The molecule has 0 radical (unpaired) electrons. The highest BCUT2D eigenvalue weighted by Gasteiger charge is 2.26. The van der Waals surface area contributed by atoms with Crippen molar-refractivity contribution in [1.82, 2.24) is 5.32 Å². The zero-order valence-electron chi connectivity index (χ0n) is 21.6. The number of carbonyl (C=O) groups excluding carboxylic acids is 1. The van der Waals surface area contributed by atoms with Gasteiger partial charge in [-0.1, -0.05) is 35.3 Å². The van der Waals surface area contributed by atoms with Crippen molar-refractivity contribution in [3.8, 4) is 11.3 Å². The molecule has 0 aliphatic heterocycles. The summed E-state index contributed by atoms with van der Waals surface area (Å²) in [4.78, 5) is 24.9. The van der Waals surface area contributed by atoms with Gasteiger partial charge in [0.15, 0.2) is 0 Å². The molecule has 1 amide bonds. The molecule has 1 unspecified atom stereocenters.